The lowest BCUT2D eigenvalue weighted by Crippen LogP contribution is -2.09. The van der Waals surface area contributed by atoms with Crippen molar-refractivity contribution in [3.05, 3.63) is 35.9 Å². The zero-order valence-electron chi connectivity index (χ0n) is 7.94. The van der Waals surface area contributed by atoms with Gasteiger partial charge >= 0.3 is 0 Å². The zero-order valence-corrected chi connectivity index (χ0v) is 7.94. The summed E-state index contributed by atoms with van der Waals surface area (Å²) in [5.74, 6) is 0. The van der Waals surface area contributed by atoms with Gasteiger partial charge in [0, 0.05) is 0 Å². The lowest BCUT2D eigenvalue weighted by Gasteiger charge is -2.12. The molecule has 3 unspecified atom stereocenters. The molecule has 0 bridgehead atoms. The zero-order chi connectivity index (χ0) is 9.26. The SMILES string of the molecule is CC1OC(C)C(c2ccccc2)O1. The molecule has 1 aromatic rings. The van der Waals surface area contributed by atoms with Crippen LogP contribution >= 0.6 is 0 Å². The molecule has 0 aliphatic carbocycles. The first-order valence-electron chi connectivity index (χ1n) is 4.63. The average Bonchev–Trinajstić information content (AvgIpc) is 2.47. The van der Waals surface area contributed by atoms with E-state index >= 15 is 0 Å². The van der Waals surface area contributed by atoms with E-state index in [0.717, 1.165) is 0 Å². The van der Waals surface area contributed by atoms with Gasteiger partial charge in [0.15, 0.2) is 6.29 Å². The smallest absolute Gasteiger partial charge is 0.156 e. The summed E-state index contributed by atoms with van der Waals surface area (Å²) in [5.41, 5.74) is 1.19. The van der Waals surface area contributed by atoms with E-state index in [1.807, 2.05) is 32.0 Å². The minimum Gasteiger partial charge on any atom is -0.347 e. The topological polar surface area (TPSA) is 18.5 Å². The number of hydrogen-bond donors (Lipinski definition) is 0. The molecule has 1 aliphatic heterocycles. The molecular weight excluding hydrogens is 164 g/mol. The van der Waals surface area contributed by atoms with E-state index in [4.69, 9.17) is 9.47 Å². The van der Waals surface area contributed by atoms with Crippen LogP contribution in [0, 0.1) is 0 Å². The fourth-order valence-electron chi connectivity index (χ4n) is 1.72. The molecule has 70 valence electrons. The van der Waals surface area contributed by atoms with Gasteiger partial charge in [0.25, 0.3) is 0 Å². The monoisotopic (exact) mass is 178 g/mol. The molecule has 2 heteroatoms. The van der Waals surface area contributed by atoms with Crippen molar-refractivity contribution in [2.24, 2.45) is 0 Å². The molecule has 3 atom stereocenters. The first-order chi connectivity index (χ1) is 6.27. The van der Waals surface area contributed by atoms with Crippen molar-refractivity contribution in [3.8, 4) is 0 Å². The Morgan fingerprint density at radius 3 is 2.23 bits per heavy atom. The van der Waals surface area contributed by atoms with E-state index < -0.39 is 0 Å². The Bertz CT molecular complexity index is 271. The van der Waals surface area contributed by atoms with Crippen LogP contribution in [0.15, 0.2) is 30.3 Å². The lowest BCUT2D eigenvalue weighted by atomic mass is 10.1. The van der Waals surface area contributed by atoms with Crippen LogP contribution in [0.2, 0.25) is 0 Å². The van der Waals surface area contributed by atoms with Gasteiger partial charge in [-0.25, -0.2) is 0 Å². The molecular formula is C11H14O2. The maximum atomic E-state index is 5.64. The van der Waals surface area contributed by atoms with Gasteiger partial charge in [-0.2, -0.15) is 0 Å². The Labute approximate surface area is 78.5 Å². The van der Waals surface area contributed by atoms with Crippen molar-refractivity contribution in [2.75, 3.05) is 0 Å². The quantitative estimate of drug-likeness (QED) is 0.657. The second kappa shape index (κ2) is 3.48. The Kier molecular flexibility index (Phi) is 2.34. The molecule has 2 rings (SSSR count). The molecule has 0 amide bonds. The summed E-state index contributed by atoms with van der Waals surface area (Å²) in [7, 11) is 0. The van der Waals surface area contributed by atoms with Gasteiger partial charge in [-0.05, 0) is 19.4 Å². The Morgan fingerprint density at radius 1 is 1.00 bits per heavy atom. The molecule has 0 N–H and O–H groups in total. The van der Waals surface area contributed by atoms with Crippen LogP contribution in [-0.2, 0) is 9.47 Å². The number of benzene rings is 1. The molecule has 0 aromatic heterocycles. The van der Waals surface area contributed by atoms with Gasteiger partial charge in [-0.3, -0.25) is 0 Å². The summed E-state index contributed by atoms with van der Waals surface area (Å²) in [4.78, 5) is 0. The van der Waals surface area contributed by atoms with Crippen LogP contribution in [0.1, 0.15) is 25.5 Å². The third-order valence-corrected chi connectivity index (χ3v) is 2.30. The molecule has 1 aromatic carbocycles. The van der Waals surface area contributed by atoms with E-state index in [-0.39, 0.29) is 18.5 Å². The van der Waals surface area contributed by atoms with Crippen LogP contribution < -0.4 is 0 Å². The van der Waals surface area contributed by atoms with E-state index in [1.165, 1.54) is 5.56 Å². The van der Waals surface area contributed by atoms with Gasteiger partial charge in [0.2, 0.25) is 0 Å². The lowest BCUT2D eigenvalue weighted by molar-refractivity contribution is -0.0494. The highest BCUT2D eigenvalue weighted by Gasteiger charge is 2.31. The van der Waals surface area contributed by atoms with Crippen molar-refractivity contribution in [1.82, 2.24) is 0 Å². The minimum absolute atomic E-state index is 0.0831. The molecule has 0 saturated carbocycles. The number of rotatable bonds is 1. The fourth-order valence-corrected chi connectivity index (χ4v) is 1.72. The third-order valence-electron chi connectivity index (χ3n) is 2.30. The normalized spacial score (nSPS) is 33.5. The van der Waals surface area contributed by atoms with Crippen LogP contribution in [0.4, 0.5) is 0 Å². The predicted octanol–water partition coefficient (Wildman–Crippen LogP) is 2.51. The standard InChI is InChI=1S/C11H14O2/c1-8-11(13-9(2)12-8)10-6-4-3-5-7-10/h3-9,11H,1-2H3. The highest BCUT2D eigenvalue weighted by molar-refractivity contribution is 5.19. The second-order valence-corrected chi connectivity index (χ2v) is 3.38. The third kappa shape index (κ3) is 1.74. The van der Waals surface area contributed by atoms with Gasteiger partial charge in [-0.1, -0.05) is 30.3 Å². The van der Waals surface area contributed by atoms with Crippen LogP contribution in [-0.4, -0.2) is 12.4 Å². The second-order valence-electron chi connectivity index (χ2n) is 3.38. The summed E-state index contributed by atoms with van der Waals surface area (Å²) in [5, 5.41) is 0. The van der Waals surface area contributed by atoms with Crippen LogP contribution in [0.25, 0.3) is 0 Å². The predicted molar refractivity (Wildman–Crippen MR) is 50.3 cm³/mol. The minimum atomic E-state index is -0.0831. The van der Waals surface area contributed by atoms with Crippen molar-refractivity contribution in [1.29, 1.82) is 0 Å². The van der Waals surface area contributed by atoms with Crippen LogP contribution in [0.5, 0.6) is 0 Å². The highest BCUT2D eigenvalue weighted by atomic mass is 16.7. The number of ether oxygens (including phenoxy) is 2. The van der Waals surface area contributed by atoms with Gasteiger partial charge in [-0.15, -0.1) is 0 Å². The molecule has 1 heterocycles. The van der Waals surface area contributed by atoms with E-state index in [1.54, 1.807) is 0 Å². The molecule has 0 spiro atoms. The molecule has 2 nitrogen and oxygen atoms in total. The first kappa shape index (κ1) is 8.73. The van der Waals surface area contributed by atoms with Gasteiger partial charge < -0.3 is 9.47 Å². The molecule has 1 fully saturated rings. The molecule has 0 radical (unpaired) electrons. The summed E-state index contributed by atoms with van der Waals surface area (Å²) >= 11 is 0. The summed E-state index contributed by atoms with van der Waals surface area (Å²) in [6.07, 6.45) is 0.161. The van der Waals surface area contributed by atoms with E-state index in [0.29, 0.717) is 0 Å². The van der Waals surface area contributed by atoms with Gasteiger partial charge in [0.1, 0.15) is 6.10 Å². The van der Waals surface area contributed by atoms with Crippen molar-refractivity contribution in [2.45, 2.75) is 32.3 Å². The van der Waals surface area contributed by atoms with Crippen LogP contribution in [0.3, 0.4) is 0 Å². The number of hydrogen-bond acceptors (Lipinski definition) is 2. The maximum Gasteiger partial charge on any atom is 0.156 e. The maximum absolute atomic E-state index is 5.64. The summed E-state index contributed by atoms with van der Waals surface area (Å²) < 4.78 is 11.1. The van der Waals surface area contributed by atoms with E-state index in [9.17, 15) is 0 Å². The molecule has 1 aliphatic rings. The Balaban J connectivity index is 2.18. The van der Waals surface area contributed by atoms with E-state index in [2.05, 4.69) is 12.1 Å². The van der Waals surface area contributed by atoms with Crippen molar-refractivity contribution in [3.63, 3.8) is 0 Å². The summed E-state index contributed by atoms with van der Waals surface area (Å²) in [6, 6.07) is 10.2. The molecule has 1 saturated heterocycles. The van der Waals surface area contributed by atoms with Gasteiger partial charge in [0.05, 0.1) is 6.10 Å². The summed E-state index contributed by atoms with van der Waals surface area (Å²) in [6.45, 7) is 3.97. The average molecular weight is 178 g/mol. The van der Waals surface area contributed by atoms with Crippen molar-refractivity contribution < 1.29 is 9.47 Å². The Hall–Kier alpha value is -0.860. The largest absolute Gasteiger partial charge is 0.347 e. The Morgan fingerprint density at radius 2 is 1.69 bits per heavy atom. The highest BCUT2D eigenvalue weighted by Crippen LogP contribution is 2.31. The van der Waals surface area contributed by atoms with Crippen molar-refractivity contribution >= 4 is 0 Å². The fraction of sp³-hybridized carbons (Fsp3) is 0.455. The molecule has 13 heavy (non-hydrogen) atoms. The first-order valence-corrected chi connectivity index (χ1v) is 4.63.